The minimum absolute atomic E-state index is 0.0985. The first kappa shape index (κ1) is 14.5. The molecule has 4 N–H and O–H groups in total. The zero-order valence-corrected chi connectivity index (χ0v) is 11.8. The number of anilines is 1. The van der Waals surface area contributed by atoms with E-state index in [1.807, 2.05) is 0 Å². The monoisotopic (exact) mass is 298 g/mol. The number of H-pyrrole nitrogens is 1. The van der Waals surface area contributed by atoms with Crippen LogP contribution in [0.1, 0.15) is 24.1 Å². The number of halogens is 1. The van der Waals surface area contributed by atoms with Gasteiger partial charge in [0, 0.05) is 29.1 Å². The fourth-order valence-electron chi connectivity index (χ4n) is 1.70. The van der Waals surface area contributed by atoms with Crippen LogP contribution in [0.2, 0.25) is 0 Å². The van der Waals surface area contributed by atoms with Crippen LogP contribution in [0.5, 0.6) is 0 Å². The van der Waals surface area contributed by atoms with E-state index in [1.165, 1.54) is 19.2 Å². The Hall–Kier alpha value is -1.93. The topological polar surface area (TPSA) is 101 Å². The molecule has 1 atom stereocenters. The van der Waals surface area contributed by atoms with Crippen LogP contribution in [0.15, 0.2) is 29.4 Å². The van der Waals surface area contributed by atoms with Gasteiger partial charge in [0.25, 0.3) is 0 Å². The molecule has 1 aromatic heterocycles. The van der Waals surface area contributed by atoms with E-state index in [0.717, 1.165) is 6.07 Å². The number of nitrogens with two attached hydrogens (primary N) is 1. The van der Waals surface area contributed by atoms with E-state index in [-0.39, 0.29) is 16.1 Å². The van der Waals surface area contributed by atoms with Crippen LogP contribution in [-0.4, -0.2) is 18.6 Å². The first-order valence-electron chi connectivity index (χ1n) is 5.88. The Bertz CT molecular complexity index is 690. The second-order valence-corrected chi connectivity index (χ2v) is 6.21. The predicted octanol–water partition coefficient (Wildman–Crippen LogP) is 1.48. The SMILES string of the molecule is Cc1c(N)cc(S(=O)(=O)NC(C)c2cn[nH]c2)cc1F. The zero-order valence-electron chi connectivity index (χ0n) is 11.0. The summed E-state index contributed by atoms with van der Waals surface area (Å²) in [6.07, 6.45) is 3.09. The summed E-state index contributed by atoms with van der Waals surface area (Å²) >= 11 is 0. The van der Waals surface area contributed by atoms with Crippen LogP contribution in [0.3, 0.4) is 0 Å². The summed E-state index contributed by atoms with van der Waals surface area (Å²) in [4.78, 5) is -0.201. The molecule has 0 aliphatic rings. The van der Waals surface area contributed by atoms with Gasteiger partial charge in [-0.05, 0) is 26.0 Å². The highest BCUT2D eigenvalue weighted by molar-refractivity contribution is 7.89. The molecule has 0 amide bonds. The fraction of sp³-hybridized carbons (Fsp3) is 0.250. The van der Waals surface area contributed by atoms with Gasteiger partial charge in [-0.1, -0.05) is 0 Å². The third-order valence-electron chi connectivity index (χ3n) is 3.02. The van der Waals surface area contributed by atoms with Crippen molar-refractivity contribution in [1.29, 1.82) is 0 Å². The third-order valence-corrected chi connectivity index (χ3v) is 4.54. The van der Waals surface area contributed by atoms with Gasteiger partial charge in [-0.2, -0.15) is 5.10 Å². The molecular weight excluding hydrogens is 283 g/mol. The van der Waals surface area contributed by atoms with E-state index in [2.05, 4.69) is 14.9 Å². The summed E-state index contributed by atoms with van der Waals surface area (Å²) in [5.41, 5.74) is 6.60. The maximum atomic E-state index is 13.6. The van der Waals surface area contributed by atoms with Crippen molar-refractivity contribution < 1.29 is 12.8 Å². The first-order valence-corrected chi connectivity index (χ1v) is 7.36. The van der Waals surface area contributed by atoms with Gasteiger partial charge >= 0.3 is 0 Å². The lowest BCUT2D eigenvalue weighted by atomic mass is 10.2. The third kappa shape index (κ3) is 2.81. The van der Waals surface area contributed by atoms with Gasteiger partial charge in [-0.25, -0.2) is 17.5 Å². The van der Waals surface area contributed by atoms with Crippen molar-refractivity contribution in [2.45, 2.75) is 24.8 Å². The molecule has 0 aliphatic carbocycles. The molecule has 2 rings (SSSR count). The maximum absolute atomic E-state index is 13.6. The Morgan fingerprint density at radius 1 is 1.45 bits per heavy atom. The number of benzene rings is 1. The highest BCUT2D eigenvalue weighted by Crippen LogP contribution is 2.22. The van der Waals surface area contributed by atoms with Crippen molar-refractivity contribution in [1.82, 2.24) is 14.9 Å². The minimum Gasteiger partial charge on any atom is -0.398 e. The molecule has 0 radical (unpaired) electrons. The molecule has 0 bridgehead atoms. The summed E-state index contributed by atoms with van der Waals surface area (Å²) in [6.45, 7) is 3.15. The lowest BCUT2D eigenvalue weighted by Crippen LogP contribution is -2.27. The number of aromatic amines is 1. The molecule has 0 saturated heterocycles. The van der Waals surface area contributed by atoms with Crippen molar-refractivity contribution in [3.05, 3.63) is 41.5 Å². The highest BCUT2D eigenvalue weighted by Gasteiger charge is 2.21. The maximum Gasteiger partial charge on any atom is 0.241 e. The van der Waals surface area contributed by atoms with Gasteiger partial charge in [0.2, 0.25) is 10.0 Å². The van der Waals surface area contributed by atoms with Crippen LogP contribution in [-0.2, 0) is 10.0 Å². The van der Waals surface area contributed by atoms with Crippen molar-refractivity contribution in [2.75, 3.05) is 5.73 Å². The molecule has 20 heavy (non-hydrogen) atoms. The Kier molecular flexibility index (Phi) is 3.78. The fourth-order valence-corrected chi connectivity index (χ4v) is 2.97. The predicted molar refractivity (Wildman–Crippen MR) is 72.9 cm³/mol. The van der Waals surface area contributed by atoms with E-state index in [0.29, 0.717) is 5.56 Å². The molecular formula is C12H15FN4O2S. The van der Waals surface area contributed by atoms with Crippen LogP contribution in [0.4, 0.5) is 10.1 Å². The van der Waals surface area contributed by atoms with E-state index >= 15 is 0 Å². The van der Waals surface area contributed by atoms with E-state index < -0.39 is 21.9 Å². The number of hydrogen-bond donors (Lipinski definition) is 3. The van der Waals surface area contributed by atoms with Crippen molar-refractivity contribution in [3.63, 3.8) is 0 Å². The Balaban J connectivity index is 2.31. The Morgan fingerprint density at radius 2 is 2.15 bits per heavy atom. The molecule has 8 heteroatoms. The smallest absolute Gasteiger partial charge is 0.241 e. The van der Waals surface area contributed by atoms with Crippen LogP contribution in [0, 0.1) is 12.7 Å². The van der Waals surface area contributed by atoms with Gasteiger partial charge in [0.05, 0.1) is 11.1 Å². The number of sulfonamides is 1. The van der Waals surface area contributed by atoms with Gasteiger partial charge in [-0.3, -0.25) is 5.10 Å². The van der Waals surface area contributed by atoms with Crippen molar-refractivity contribution >= 4 is 15.7 Å². The molecule has 0 aliphatic heterocycles. The molecule has 0 fully saturated rings. The van der Waals surface area contributed by atoms with Crippen LogP contribution >= 0.6 is 0 Å². The minimum atomic E-state index is -3.86. The molecule has 0 spiro atoms. The summed E-state index contributed by atoms with van der Waals surface area (Å²) in [5, 5.41) is 6.34. The van der Waals surface area contributed by atoms with Gasteiger partial charge < -0.3 is 5.73 Å². The number of rotatable bonds is 4. The number of aromatic nitrogens is 2. The van der Waals surface area contributed by atoms with Crippen molar-refractivity contribution in [3.8, 4) is 0 Å². The molecule has 108 valence electrons. The molecule has 1 heterocycles. The number of nitrogens with one attached hydrogen (secondary N) is 2. The normalized spacial score (nSPS) is 13.3. The molecule has 2 aromatic rings. The summed E-state index contributed by atoms with van der Waals surface area (Å²) in [5.74, 6) is -0.652. The Labute approximate surface area is 116 Å². The van der Waals surface area contributed by atoms with Gasteiger partial charge in [-0.15, -0.1) is 0 Å². The summed E-state index contributed by atoms with van der Waals surface area (Å²) < 4.78 is 40.4. The second kappa shape index (κ2) is 5.22. The summed E-state index contributed by atoms with van der Waals surface area (Å²) in [6, 6.07) is 1.70. The second-order valence-electron chi connectivity index (χ2n) is 4.49. The average molecular weight is 298 g/mol. The molecule has 1 unspecified atom stereocenters. The van der Waals surface area contributed by atoms with E-state index in [4.69, 9.17) is 5.73 Å². The highest BCUT2D eigenvalue weighted by atomic mass is 32.2. The standard InChI is InChI=1S/C12H15FN4O2S/c1-7-11(13)3-10(4-12(7)14)20(18,19)17-8(2)9-5-15-16-6-9/h3-6,8,17H,14H2,1-2H3,(H,15,16). The van der Waals surface area contributed by atoms with Gasteiger partial charge in [0.1, 0.15) is 5.82 Å². The number of nitrogen functional groups attached to an aromatic ring is 1. The Morgan fingerprint density at radius 3 is 2.70 bits per heavy atom. The van der Waals surface area contributed by atoms with Crippen LogP contribution < -0.4 is 10.5 Å². The summed E-state index contributed by atoms with van der Waals surface area (Å²) in [7, 11) is -3.86. The van der Waals surface area contributed by atoms with Crippen LogP contribution in [0.25, 0.3) is 0 Å². The largest absolute Gasteiger partial charge is 0.398 e. The molecule has 0 saturated carbocycles. The lowest BCUT2D eigenvalue weighted by Gasteiger charge is -2.13. The lowest BCUT2D eigenvalue weighted by molar-refractivity contribution is 0.563. The average Bonchev–Trinajstić information content (AvgIpc) is 2.88. The molecule has 1 aromatic carbocycles. The number of hydrogen-bond acceptors (Lipinski definition) is 4. The molecule has 6 nitrogen and oxygen atoms in total. The zero-order chi connectivity index (χ0) is 14.9. The number of nitrogens with zero attached hydrogens (tertiary/aromatic N) is 1. The van der Waals surface area contributed by atoms with E-state index in [1.54, 1.807) is 13.1 Å². The first-order chi connectivity index (χ1) is 9.31. The quantitative estimate of drug-likeness (QED) is 0.744. The van der Waals surface area contributed by atoms with Crippen molar-refractivity contribution in [2.24, 2.45) is 0 Å². The van der Waals surface area contributed by atoms with E-state index in [9.17, 15) is 12.8 Å². The van der Waals surface area contributed by atoms with Gasteiger partial charge in [0.15, 0.2) is 0 Å².